The quantitative estimate of drug-likeness (QED) is 0.596. The minimum Gasteiger partial charge on any atom is -0.481 e. The molecule has 7 heteroatoms. The van der Waals surface area contributed by atoms with E-state index >= 15 is 0 Å². The summed E-state index contributed by atoms with van der Waals surface area (Å²) < 4.78 is 5.44. The summed E-state index contributed by atoms with van der Waals surface area (Å²) in [5.74, 6) is -2.08. The number of hydrogen-bond acceptors (Lipinski definition) is 4. The molecule has 0 heterocycles. The maximum Gasteiger partial charge on any atom is 0.407 e. The van der Waals surface area contributed by atoms with Gasteiger partial charge in [0.25, 0.3) is 0 Å². The highest BCUT2D eigenvalue weighted by molar-refractivity contribution is 5.79. The molecule has 7 nitrogen and oxygen atoms in total. The highest BCUT2D eigenvalue weighted by Crippen LogP contribution is 2.44. The fourth-order valence-electron chi connectivity index (χ4n) is 3.69. The molecular formula is C22H23NO6. The largest absolute Gasteiger partial charge is 0.481 e. The summed E-state index contributed by atoms with van der Waals surface area (Å²) in [5.41, 5.74) is 4.43. The standard InChI is InChI=1S/C22H23NO6/c24-20(25)11-9-14(10-12-21(26)27)23-22(28)29-13-19-17-7-3-1-5-15(17)16-6-2-4-8-18(16)19/h1-8,14,19H,9-13H2,(H,23,28)(H,24,25)(H,26,27). The number of benzene rings is 2. The second kappa shape index (κ2) is 9.23. The van der Waals surface area contributed by atoms with Crippen molar-refractivity contribution >= 4 is 18.0 Å². The zero-order valence-electron chi connectivity index (χ0n) is 15.8. The van der Waals surface area contributed by atoms with Crippen LogP contribution >= 0.6 is 0 Å². The van der Waals surface area contributed by atoms with Crippen LogP contribution < -0.4 is 5.32 Å². The monoisotopic (exact) mass is 397 g/mol. The first kappa shape index (κ1) is 20.4. The summed E-state index contributed by atoms with van der Waals surface area (Å²) in [5, 5.41) is 20.3. The lowest BCUT2D eigenvalue weighted by Crippen LogP contribution is -2.36. The summed E-state index contributed by atoms with van der Waals surface area (Å²) >= 11 is 0. The van der Waals surface area contributed by atoms with Crippen LogP contribution in [0.25, 0.3) is 11.1 Å². The third-order valence-electron chi connectivity index (χ3n) is 5.08. The molecule has 0 unspecified atom stereocenters. The van der Waals surface area contributed by atoms with E-state index in [4.69, 9.17) is 14.9 Å². The van der Waals surface area contributed by atoms with Crippen LogP contribution in [0.15, 0.2) is 48.5 Å². The molecule has 0 saturated heterocycles. The lowest BCUT2D eigenvalue weighted by atomic mass is 9.98. The average Bonchev–Trinajstić information content (AvgIpc) is 3.02. The van der Waals surface area contributed by atoms with Crippen LogP contribution in [-0.2, 0) is 14.3 Å². The summed E-state index contributed by atoms with van der Waals surface area (Å²) in [7, 11) is 0. The zero-order chi connectivity index (χ0) is 20.8. The van der Waals surface area contributed by atoms with Crippen LogP contribution in [0.2, 0.25) is 0 Å². The van der Waals surface area contributed by atoms with Crippen molar-refractivity contribution in [2.45, 2.75) is 37.6 Å². The Hall–Kier alpha value is -3.35. The van der Waals surface area contributed by atoms with Gasteiger partial charge in [0.05, 0.1) is 0 Å². The second-order valence-corrected chi connectivity index (χ2v) is 7.03. The number of ether oxygens (including phenoxy) is 1. The van der Waals surface area contributed by atoms with E-state index in [2.05, 4.69) is 5.32 Å². The van der Waals surface area contributed by atoms with Crippen LogP contribution in [0.4, 0.5) is 4.79 Å². The molecule has 1 amide bonds. The number of carbonyl (C=O) groups is 3. The lowest BCUT2D eigenvalue weighted by molar-refractivity contribution is -0.137. The molecule has 0 spiro atoms. The number of carboxylic acids is 2. The van der Waals surface area contributed by atoms with E-state index < -0.39 is 24.1 Å². The topological polar surface area (TPSA) is 113 Å². The molecule has 3 rings (SSSR count). The van der Waals surface area contributed by atoms with E-state index in [1.165, 1.54) is 0 Å². The molecule has 0 atom stereocenters. The summed E-state index contributed by atoms with van der Waals surface area (Å²) in [6, 6.07) is 15.4. The van der Waals surface area contributed by atoms with Gasteiger partial charge in [-0.1, -0.05) is 48.5 Å². The van der Waals surface area contributed by atoms with Gasteiger partial charge in [-0.05, 0) is 35.1 Å². The molecule has 0 fully saturated rings. The van der Waals surface area contributed by atoms with Crippen molar-refractivity contribution in [1.29, 1.82) is 0 Å². The fraction of sp³-hybridized carbons (Fsp3) is 0.318. The van der Waals surface area contributed by atoms with Crippen LogP contribution in [0.3, 0.4) is 0 Å². The van der Waals surface area contributed by atoms with Crippen molar-refractivity contribution in [1.82, 2.24) is 5.32 Å². The summed E-state index contributed by atoms with van der Waals surface area (Å²) in [6.07, 6.45) is -0.700. The smallest absolute Gasteiger partial charge is 0.407 e. The van der Waals surface area contributed by atoms with Gasteiger partial charge >= 0.3 is 18.0 Å². The Morgan fingerprint density at radius 1 is 0.862 bits per heavy atom. The number of fused-ring (bicyclic) bond motifs is 3. The molecule has 0 aliphatic heterocycles. The normalized spacial score (nSPS) is 12.3. The number of nitrogens with one attached hydrogen (secondary N) is 1. The number of carbonyl (C=O) groups excluding carboxylic acids is 1. The van der Waals surface area contributed by atoms with Crippen molar-refractivity contribution in [3.05, 3.63) is 59.7 Å². The molecule has 2 aromatic rings. The molecule has 0 bridgehead atoms. The van der Waals surface area contributed by atoms with E-state index in [0.29, 0.717) is 0 Å². The van der Waals surface area contributed by atoms with Crippen molar-refractivity contribution in [2.75, 3.05) is 6.61 Å². The molecule has 0 aromatic heterocycles. The first-order valence-electron chi connectivity index (χ1n) is 9.50. The fourth-order valence-corrected chi connectivity index (χ4v) is 3.69. The number of amides is 1. The summed E-state index contributed by atoms with van der Waals surface area (Å²) in [6.45, 7) is 0.143. The van der Waals surface area contributed by atoms with Gasteiger partial charge in [-0.3, -0.25) is 9.59 Å². The highest BCUT2D eigenvalue weighted by atomic mass is 16.5. The predicted molar refractivity (Wildman–Crippen MR) is 106 cm³/mol. The highest BCUT2D eigenvalue weighted by Gasteiger charge is 2.29. The van der Waals surface area contributed by atoms with E-state index in [-0.39, 0.29) is 38.2 Å². The molecule has 3 N–H and O–H groups in total. The van der Waals surface area contributed by atoms with Crippen LogP contribution in [0.5, 0.6) is 0 Å². The van der Waals surface area contributed by atoms with Crippen molar-refractivity contribution in [3.8, 4) is 11.1 Å². The number of carboxylic acid groups (broad SMARTS) is 2. The Labute approximate surface area is 168 Å². The molecule has 0 saturated carbocycles. The Kier molecular flexibility index (Phi) is 6.49. The van der Waals surface area contributed by atoms with E-state index in [1.54, 1.807) is 0 Å². The van der Waals surface area contributed by atoms with Gasteiger partial charge in [0.15, 0.2) is 0 Å². The SMILES string of the molecule is O=C(O)CCC(CCC(=O)O)NC(=O)OCC1c2ccccc2-c2ccccc21. The van der Waals surface area contributed by atoms with Crippen LogP contribution in [0, 0.1) is 0 Å². The molecular weight excluding hydrogens is 374 g/mol. The zero-order valence-corrected chi connectivity index (χ0v) is 15.8. The maximum atomic E-state index is 12.3. The number of aliphatic carboxylic acids is 2. The average molecular weight is 397 g/mol. The molecule has 152 valence electrons. The number of hydrogen-bond donors (Lipinski definition) is 3. The molecule has 0 radical (unpaired) electrons. The third kappa shape index (κ3) is 5.13. The van der Waals surface area contributed by atoms with Gasteiger partial charge in [-0.15, -0.1) is 0 Å². The van der Waals surface area contributed by atoms with Gasteiger partial charge in [0.2, 0.25) is 0 Å². The van der Waals surface area contributed by atoms with E-state index in [1.807, 2.05) is 48.5 Å². The Balaban J connectivity index is 1.63. The van der Waals surface area contributed by atoms with Gasteiger partial charge in [0.1, 0.15) is 6.61 Å². The molecule has 1 aliphatic carbocycles. The van der Waals surface area contributed by atoms with Crippen LogP contribution in [0.1, 0.15) is 42.7 Å². The van der Waals surface area contributed by atoms with Gasteiger partial charge in [-0.25, -0.2) is 4.79 Å². The van der Waals surface area contributed by atoms with Crippen molar-refractivity contribution < 1.29 is 29.3 Å². The molecule has 29 heavy (non-hydrogen) atoms. The third-order valence-corrected chi connectivity index (χ3v) is 5.08. The van der Waals surface area contributed by atoms with E-state index in [0.717, 1.165) is 22.3 Å². The Morgan fingerprint density at radius 3 is 1.83 bits per heavy atom. The van der Waals surface area contributed by atoms with Crippen LogP contribution in [-0.4, -0.2) is 40.9 Å². The number of alkyl carbamates (subject to hydrolysis) is 1. The minimum absolute atomic E-state index is 0.0790. The second-order valence-electron chi connectivity index (χ2n) is 7.03. The number of rotatable bonds is 9. The van der Waals surface area contributed by atoms with Gasteiger partial charge in [-0.2, -0.15) is 0 Å². The van der Waals surface area contributed by atoms with E-state index in [9.17, 15) is 14.4 Å². The predicted octanol–water partition coefficient (Wildman–Crippen LogP) is 3.62. The Morgan fingerprint density at radius 2 is 1.34 bits per heavy atom. The molecule has 1 aliphatic rings. The first-order valence-corrected chi connectivity index (χ1v) is 9.50. The minimum atomic E-state index is -1.00. The maximum absolute atomic E-state index is 12.3. The lowest BCUT2D eigenvalue weighted by Gasteiger charge is -2.19. The summed E-state index contributed by atoms with van der Waals surface area (Å²) in [4.78, 5) is 33.9. The van der Waals surface area contributed by atoms with Crippen molar-refractivity contribution in [3.63, 3.8) is 0 Å². The first-order chi connectivity index (χ1) is 14.0. The van der Waals surface area contributed by atoms with Gasteiger partial charge < -0.3 is 20.3 Å². The molecule has 2 aromatic carbocycles. The van der Waals surface area contributed by atoms with Gasteiger partial charge in [0, 0.05) is 24.8 Å². The van der Waals surface area contributed by atoms with Crippen molar-refractivity contribution in [2.24, 2.45) is 0 Å². The Bertz CT molecular complexity index is 846.